The predicted molar refractivity (Wildman–Crippen MR) is 356 cm³/mol. The molecule has 2 aliphatic heterocycles. The second kappa shape index (κ2) is 52.6. The summed E-state index contributed by atoms with van der Waals surface area (Å²) in [7, 11) is -5.69. The van der Waals surface area contributed by atoms with Crippen LogP contribution in [0, 0.1) is 0 Å². The third-order valence-electron chi connectivity index (χ3n) is 18.3. The Labute approximate surface area is 567 Å². The van der Waals surface area contributed by atoms with Gasteiger partial charge in [0.2, 0.25) is 0 Å². The van der Waals surface area contributed by atoms with Crippen molar-refractivity contribution in [2.24, 2.45) is 0 Å². The molecule has 0 aromatic heterocycles. The lowest BCUT2D eigenvalue weighted by Gasteiger charge is -2.49. The normalized spacial score (nSPS) is 28.1. The molecular formula is C70H129O24P. The van der Waals surface area contributed by atoms with Gasteiger partial charge in [0.05, 0.1) is 13.2 Å². The molecule has 558 valence electrons. The van der Waals surface area contributed by atoms with Crippen LogP contribution in [0.25, 0.3) is 0 Å². The SMILES string of the molecule is CCCCCC/C=C\CCCCCCCCCC(=O)OCC(COP(=O)(O)OC1C(OC2OC(CO)C(O)C(O)C2O)C(O)C(O)C(O)C1OC1OC(COC(=O)CCCCCCCCCCCCCCC)C(O)C(O)C1O)OC(=O)CCCCCCCCCCCCCC. The van der Waals surface area contributed by atoms with Crippen LogP contribution < -0.4 is 0 Å². The van der Waals surface area contributed by atoms with Crippen molar-refractivity contribution in [2.45, 2.75) is 388 Å². The van der Waals surface area contributed by atoms with Crippen molar-refractivity contribution in [3.8, 4) is 0 Å². The van der Waals surface area contributed by atoms with Gasteiger partial charge in [-0.1, -0.05) is 232 Å². The van der Waals surface area contributed by atoms with E-state index in [0.29, 0.717) is 19.3 Å². The van der Waals surface area contributed by atoms with Crippen LogP contribution in [0.2, 0.25) is 0 Å². The summed E-state index contributed by atoms with van der Waals surface area (Å²) in [4.78, 5) is 50.9. The van der Waals surface area contributed by atoms with E-state index in [2.05, 4.69) is 32.9 Å². The largest absolute Gasteiger partial charge is 0.472 e. The Balaban J connectivity index is 1.74. The maximum Gasteiger partial charge on any atom is 0.472 e. The van der Waals surface area contributed by atoms with Gasteiger partial charge in [-0.3, -0.25) is 23.4 Å². The fourth-order valence-corrected chi connectivity index (χ4v) is 13.2. The van der Waals surface area contributed by atoms with Gasteiger partial charge in [0, 0.05) is 19.3 Å². The van der Waals surface area contributed by atoms with Crippen LogP contribution in [0.3, 0.4) is 0 Å². The molecule has 0 spiro atoms. The van der Waals surface area contributed by atoms with E-state index in [1.165, 1.54) is 109 Å². The van der Waals surface area contributed by atoms with Crippen molar-refractivity contribution in [1.82, 2.24) is 0 Å². The minimum atomic E-state index is -5.69. The highest BCUT2D eigenvalue weighted by molar-refractivity contribution is 7.47. The van der Waals surface area contributed by atoms with Crippen LogP contribution in [0.5, 0.6) is 0 Å². The molecule has 3 rings (SSSR count). The summed E-state index contributed by atoms with van der Waals surface area (Å²) < 4.78 is 64.9. The number of hydrogen-bond donors (Lipinski definition) is 11. The first-order valence-corrected chi connectivity index (χ1v) is 38.5. The summed E-state index contributed by atoms with van der Waals surface area (Å²) >= 11 is 0. The third-order valence-corrected chi connectivity index (χ3v) is 19.3. The highest BCUT2D eigenvalue weighted by Gasteiger charge is 2.58. The number of rotatable bonds is 57. The molecule has 11 N–H and O–H groups in total. The number of ether oxygens (including phenoxy) is 7. The minimum absolute atomic E-state index is 0.0322. The molecule has 3 fully saturated rings. The number of aliphatic hydroxyl groups is 10. The summed E-state index contributed by atoms with van der Waals surface area (Å²) in [5, 5.41) is 110. The molecule has 0 aromatic carbocycles. The van der Waals surface area contributed by atoms with Gasteiger partial charge in [-0.05, 0) is 44.9 Å². The Hall–Kier alpha value is -2.30. The zero-order valence-corrected chi connectivity index (χ0v) is 58.9. The lowest BCUT2D eigenvalue weighted by atomic mass is 9.84. The second-order valence-electron chi connectivity index (χ2n) is 26.7. The number of phosphoric ester groups is 1. The Kier molecular flexibility index (Phi) is 48.2. The van der Waals surface area contributed by atoms with Gasteiger partial charge in [-0.15, -0.1) is 0 Å². The lowest BCUT2D eigenvalue weighted by molar-refractivity contribution is -0.360. The first kappa shape index (κ1) is 86.9. The van der Waals surface area contributed by atoms with Gasteiger partial charge in [-0.2, -0.15) is 0 Å². The molecule has 0 radical (unpaired) electrons. The average Bonchev–Trinajstić information content (AvgIpc) is 0.764. The molecule has 1 saturated carbocycles. The van der Waals surface area contributed by atoms with Crippen LogP contribution in [0.1, 0.15) is 284 Å². The summed E-state index contributed by atoms with van der Waals surface area (Å²) in [6.45, 7) is 3.42. The van der Waals surface area contributed by atoms with Crippen molar-refractivity contribution in [2.75, 3.05) is 26.4 Å². The van der Waals surface area contributed by atoms with Gasteiger partial charge in [-0.25, -0.2) is 4.57 Å². The van der Waals surface area contributed by atoms with Crippen LogP contribution in [-0.2, 0) is 61.2 Å². The van der Waals surface area contributed by atoms with Gasteiger partial charge < -0.3 is 89.1 Å². The molecule has 2 saturated heterocycles. The number of aliphatic hydroxyl groups excluding tert-OH is 10. The smallest absolute Gasteiger partial charge is 0.463 e. The Morgan fingerprint density at radius 2 is 0.737 bits per heavy atom. The van der Waals surface area contributed by atoms with Crippen LogP contribution in [-0.4, -0.2) is 204 Å². The van der Waals surface area contributed by atoms with Crippen molar-refractivity contribution in [1.29, 1.82) is 0 Å². The highest BCUT2D eigenvalue weighted by atomic mass is 31.2. The van der Waals surface area contributed by atoms with E-state index in [1.54, 1.807) is 0 Å². The monoisotopic (exact) mass is 1380 g/mol. The number of hydrogen-bond acceptors (Lipinski definition) is 23. The Morgan fingerprint density at radius 3 is 1.15 bits per heavy atom. The Bertz CT molecular complexity index is 2020. The summed E-state index contributed by atoms with van der Waals surface area (Å²) in [5.41, 5.74) is 0. The van der Waals surface area contributed by atoms with Crippen molar-refractivity contribution >= 4 is 25.7 Å². The van der Waals surface area contributed by atoms with Gasteiger partial charge >= 0.3 is 25.7 Å². The summed E-state index contributed by atoms with van der Waals surface area (Å²) in [6.07, 6.45) is 10.0. The molecule has 0 bridgehead atoms. The molecular weight excluding hydrogens is 1260 g/mol. The molecule has 18 atom stereocenters. The first-order chi connectivity index (χ1) is 45.8. The van der Waals surface area contributed by atoms with Gasteiger partial charge in [0.15, 0.2) is 18.7 Å². The third kappa shape index (κ3) is 36.2. The molecule has 2 heterocycles. The van der Waals surface area contributed by atoms with Crippen molar-refractivity contribution < 1.29 is 117 Å². The van der Waals surface area contributed by atoms with E-state index < -0.39 is 156 Å². The van der Waals surface area contributed by atoms with Crippen molar-refractivity contribution in [3.63, 3.8) is 0 Å². The number of unbranched alkanes of at least 4 members (excludes halogenated alkanes) is 34. The molecule has 1 aliphatic carbocycles. The van der Waals surface area contributed by atoms with E-state index in [-0.39, 0.29) is 19.3 Å². The lowest BCUT2D eigenvalue weighted by Crippen LogP contribution is -2.69. The van der Waals surface area contributed by atoms with Crippen molar-refractivity contribution in [3.05, 3.63) is 12.2 Å². The fraction of sp³-hybridized carbons (Fsp3) is 0.929. The molecule has 0 amide bonds. The van der Waals surface area contributed by atoms with Gasteiger partial charge in [0.1, 0.15) is 98.7 Å². The maximum atomic E-state index is 14.3. The quantitative estimate of drug-likeness (QED) is 0.00887. The first-order valence-electron chi connectivity index (χ1n) is 37.0. The van der Waals surface area contributed by atoms with E-state index in [0.717, 1.165) is 116 Å². The molecule has 18 unspecified atom stereocenters. The minimum Gasteiger partial charge on any atom is -0.463 e. The molecule has 24 nitrogen and oxygen atoms in total. The average molecular weight is 1390 g/mol. The van der Waals surface area contributed by atoms with Crippen LogP contribution >= 0.6 is 7.82 Å². The standard InChI is InChI=1S/C70H129O24P/c1-4-7-10-13-16-19-22-25-26-28-31-32-35-38-41-44-54(72)86-48-51(89-56(74)46-43-40-37-34-29-24-21-18-15-12-9-6-3)49-88-95(84,85)94-68-66(92-69-64(82)59(77)57(75)52(47-71)90-69)62(80)61(79)63(81)67(68)93-70-65(83)60(78)58(76)53(91-70)50-87-55(73)45-42-39-36-33-30-27-23-20-17-14-11-8-5-2/h19,22,51-53,57-71,75-83H,4-18,20-21,23-50H2,1-3H3,(H,84,85)/b22-19-. The number of esters is 3. The number of phosphoric acid groups is 1. The number of carbonyl (C=O) groups excluding carboxylic acids is 3. The fourth-order valence-electron chi connectivity index (χ4n) is 12.2. The zero-order chi connectivity index (χ0) is 69.6. The molecule has 25 heteroatoms. The highest BCUT2D eigenvalue weighted by Crippen LogP contribution is 2.49. The van der Waals surface area contributed by atoms with Crippen LogP contribution in [0.4, 0.5) is 0 Å². The van der Waals surface area contributed by atoms with E-state index >= 15 is 0 Å². The van der Waals surface area contributed by atoms with Crippen LogP contribution in [0.15, 0.2) is 12.2 Å². The maximum absolute atomic E-state index is 14.3. The molecule has 95 heavy (non-hydrogen) atoms. The second-order valence-corrected chi connectivity index (χ2v) is 28.1. The number of carbonyl (C=O) groups is 3. The summed E-state index contributed by atoms with van der Waals surface area (Å²) in [5.74, 6) is -1.99. The zero-order valence-electron chi connectivity index (χ0n) is 58.0. The molecule has 0 aromatic rings. The summed E-state index contributed by atoms with van der Waals surface area (Å²) in [6, 6.07) is 0. The molecule has 3 aliphatic rings. The van der Waals surface area contributed by atoms with E-state index in [1.807, 2.05) is 0 Å². The number of allylic oxidation sites excluding steroid dienone is 2. The van der Waals surface area contributed by atoms with Gasteiger partial charge in [0.25, 0.3) is 0 Å². The topological polar surface area (TPSA) is 374 Å². The predicted octanol–water partition coefficient (Wildman–Crippen LogP) is 9.57. The van der Waals surface area contributed by atoms with E-state index in [9.17, 15) is 74.9 Å². The Morgan fingerprint density at radius 1 is 0.400 bits per heavy atom. The van der Waals surface area contributed by atoms with E-state index in [4.69, 9.17) is 42.2 Å².